The molecule has 1 unspecified atom stereocenters. The second-order valence-corrected chi connectivity index (χ2v) is 4.60. The van der Waals surface area contributed by atoms with Crippen LogP contribution < -0.4 is 0 Å². The predicted octanol–water partition coefficient (Wildman–Crippen LogP) is 2.10. The summed E-state index contributed by atoms with van der Waals surface area (Å²) in [4.78, 5) is 6.73. The molecule has 0 spiro atoms. The van der Waals surface area contributed by atoms with Crippen molar-refractivity contribution in [3.8, 4) is 0 Å². The smallest absolute Gasteiger partial charge is 0.164 e. The van der Waals surface area contributed by atoms with Gasteiger partial charge in [-0.15, -0.1) is 0 Å². The molecule has 1 saturated heterocycles. The highest BCUT2D eigenvalue weighted by molar-refractivity contribution is 8.13. The average Bonchev–Trinajstić information content (AvgIpc) is 2.74. The molecule has 1 N–H and O–H groups in total. The maximum Gasteiger partial charge on any atom is 0.164 e. The lowest BCUT2D eigenvalue weighted by Gasteiger charge is -2.18. The van der Waals surface area contributed by atoms with E-state index in [1.54, 1.807) is 11.8 Å². The highest BCUT2D eigenvalue weighted by Gasteiger charge is 2.22. The predicted molar refractivity (Wildman–Crippen MR) is 69.2 cm³/mol. The van der Waals surface area contributed by atoms with Crippen molar-refractivity contribution in [3.05, 3.63) is 30.3 Å². The highest BCUT2D eigenvalue weighted by Crippen LogP contribution is 2.19. The van der Waals surface area contributed by atoms with Crippen LogP contribution in [0.1, 0.15) is 6.42 Å². The van der Waals surface area contributed by atoms with Crippen molar-refractivity contribution in [1.82, 2.24) is 4.90 Å². The van der Waals surface area contributed by atoms with E-state index in [9.17, 15) is 5.11 Å². The SMILES string of the molecule is CSC(=Nc1ccccc1)N1CCC(O)C1. The number of aliphatic hydroxyl groups excluding tert-OH is 1. The Bertz CT molecular complexity index is 367. The molecule has 0 saturated carbocycles. The first-order chi connectivity index (χ1) is 7.79. The van der Waals surface area contributed by atoms with Crippen LogP contribution in [0.2, 0.25) is 0 Å². The fourth-order valence-electron chi connectivity index (χ4n) is 1.77. The van der Waals surface area contributed by atoms with Crippen molar-refractivity contribution in [1.29, 1.82) is 0 Å². The molecule has 2 rings (SSSR count). The molecule has 1 fully saturated rings. The first-order valence-corrected chi connectivity index (χ1v) is 6.63. The van der Waals surface area contributed by atoms with Crippen LogP contribution in [-0.4, -0.2) is 40.6 Å². The summed E-state index contributed by atoms with van der Waals surface area (Å²) in [5.74, 6) is 0. The average molecular weight is 236 g/mol. The minimum Gasteiger partial charge on any atom is -0.391 e. The summed E-state index contributed by atoms with van der Waals surface area (Å²) < 4.78 is 0. The van der Waals surface area contributed by atoms with E-state index >= 15 is 0 Å². The Labute approximate surface area is 100 Å². The molecule has 0 aliphatic carbocycles. The summed E-state index contributed by atoms with van der Waals surface area (Å²) in [6.07, 6.45) is 2.66. The van der Waals surface area contributed by atoms with E-state index in [0.29, 0.717) is 6.54 Å². The van der Waals surface area contributed by atoms with Gasteiger partial charge >= 0.3 is 0 Å². The van der Waals surface area contributed by atoms with E-state index in [2.05, 4.69) is 9.89 Å². The molecular weight excluding hydrogens is 220 g/mol. The molecule has 0 aromatic heterocycles. The number of thioether (sulfide) groups is 1. The number of rotatable bonds is 1. The van der Waals surface area contributed by atoms with E-state index in [4.69, 9.17) is 0 Å². The van der Waals surface area contributed by atoms with E-state index in [1.807, 2.05) is 36.6 Å². The van der Waals surface area contributed by atoms with E-state index < -0.39 is 0 Å². The Morgan fingerprint density at radius 1 is 1.44 bits per heavy atom. The summed E-state index contributed by atoms with van der Waals surface area (Å²) in [7, 11) is 0. The van der Waals surface area contributed by atoms with Gasteiger partial charge in [-0.1, -0.05) is 30.0 Å². The Balaban J connectivity index is 2.13. The molecule has 86 valence electrons. The standard InChI is InChI=1S/C12H16N2OS/c1-16-12(14-8-7-11(15)9-14)13-10-5-3-2-4-6-10/h2-6,11,15H,7-9H2,1H3. The number of para-hydroxylation sites is 1. The number of hydrogen-bond acceptors (Lipinski definition) is 3. The van der Waals surface area contributed by atoms with Gasteiger partial charge in [0.1, 0.15) is 0 Å². The van der Waals surface area contributed by atoms with Crippen LogP contribution in [0.5, 0.6) is 0 Å². The van der Waals surface area contributed by atoms with E-state index in [-0.39, 0.29) is 6.10 Å². The highest BCUT2D eigenvalue weighted by atomic mass is 32.2. The molecule has 0 bridgehead atoms. The summed E-state index contributed by atoms with van der Waals surface area (Å²) in [6.45, 7) is 1.60. The zero-order valence-corrected chi connectivity index (χ0v) is 10.2. The van der Waals surface area contributed by atoms with Crippen molar-refractivity contribution in [2.75, 3.05) is 19.3 Å². The lowest BCUT2D eigenvalue weighted by Crippen LogP contribution is -2.26. The Hall–Kier alpha value is -1.00. The molecule has 16 heavy (non-hydrogen) atoms. The topological polar surface area (TPSA) is 35.8 Å². The van der Waals surface area contributed by atoms with Gasteiger partial charge in [-0.2, -0.15) is 0 Å². The number of hydrogen-bond donors (Lipinski definition) is 1. The quantitative estimate of drug-likeness (QED) is 0.599. The summed E-state index contributed by atoms with van der Waals surface area (Å²) in [6, 6.07) is 9.92. The zero-order chi connectivity index (χ0) is 11.4. The number of β-amino-alcohol motifs (C(OH)–C–C–N with tert-alkyl or cyclic N) is 1. The number of aliphatic imine (C=N–C) groups is 1. The van der Waals surface area contributed by atoms with E-state index in [1.165, 1.54) is 0 Å². The van der Waals surface area contributed by atoms with Crippen molar-refractivity contribution in [2.24, 2.45) is 4.99 Å². The van der Waals surface area contributed by atoms with Gasteiger partial charge in [0.2, 0.25) is 0 Å². The van der Waals surface area contributed by atoms with Gasteiger partial charge in [0.25, 0.3) is 0 Å². The number of nitrogens with zero attached hydrogens (tertiary/aromatic N) is 2. The fraction of sp³-hybridized carbons (Fsp3) is 0.417. The lowest BCUT2D eigenvalue weighted by atomic mass is 10.3. The third kappa shape index (κ3) is 2.77. The van der Waals surface area contributed by atoms with Crippen molar-refractivity contribution >= 4 is 22.6 Å². The Morgan fingerprint density at radius 3 is 2.75 bits per heavy atom. The van der Waals surface area contributed by atoms with Crippen LogP contribution in [0, 0.1) is 0 Å². The van der Waals surface area contributed by atoms with Crippen LogP contribution in [-0.2, 0) is 0 Å². The first kappa shape index (κ1) is 11.5. The number of aliphatic hydroxyl groups is 1. The molecule has 1 aromatic rings. The van der Waals surface area contributed by atoms with Gasteiger partial charge in [0, 0.05) is 13.1 Å². The number of amidine groups is 1. The summed E-state index contributed by atoms with van der Waals surface area (Å²) in [5.41, 5.74) is 0.966. The van der Waals surface area contributed by atoms with Crippen LogP contribution in [0.25, 0.3) is 0 Å². The van der Waals surface area contributed by atoms with Crippen molar-refractivity contribution in [3.63, 3.8) is 0 Å². The number of benzene rings is 1. The zero-order valence-electron chi connectivity index (χ0n) is 9.34. The lowest BCUT2D eigenvalue weighted by molar-refractivity contribution is 0.188. The third-order valence-corrected chi connectivity index (χ3v) is 3.31. The molecule has 4 heteroatoms. The fourth-order valence-corrected chi connectivity index (χ4v) is 2.39. The van der Waals surface area contributed by atoms with Gasteiger partial charge in [-0.05, 0) is 24.8 Å². The largest absolute Gasteiger partial charge is 0.391 e. The molecule has 1 aliphatic heterocycles. The van der Waals surface area contributed by atoms with Crippen LogP contribution in [0.15, 0.2) is 35.3 Å². The van der Waals surface area contributed by atoms with Gasteiger partial charge < -0.3 is 10.0 Å². The molecule has 0 amide bonds. The molecule has 1 aliphatic rings. The molecular formula is C12H16N2OS. The summed E-state index contributed by atoms with van der Waals surface area (Å²) >= 11 is 1.63. The number of likely N-dealkylation sites (tertiary alicyclic amines) is 1. The molecule has 1 aromatic carbocycles. The second kappa shape index (κ2) is 5.37. The van der Waals surface area contributed by atoms with Crippen LogP contribution in [0.3, 0.4) is 0 Å². The minimum absolute atomic E-state index is 0.201. The van der Waals surface area contributed by atoms with Gasteiger partial charge in [0.05, 0.1) is 11.8 Å². The van der Waals surface area contributed by atoms with Crippen LogP contribution in [0.4, 0.5) is 5.69 Å². The maximum atomic E-state index is 9.50. The van der Waals surface area contributed by atoms with Crippen molar-refractivity contribution in [2.45, 2.75) is 12.5 Å². The molecule has 3 nitrogen and oxygen atoms in total. The monoisotopic (exact) mass is 236 g/mol. The maximum absolute atomic E-state index is 9.50. The minimum atomic E-state index is -0.201. The Kier molecular flexibility index (Phi) is 3.85. The molecule has 1 heterocycles. The van der Waals surface area contributed by atoms with Crippen molar-refractivity contribution < 1.29 is 5.11 Å². The molecule has 0 radical (unpaired) electrons. The second-order valence-electron chi connectivity index (χ2n) is 3.82. The van der Waals surface area contributed by atoms with Crippen LogP contribution >= 0.6 is 11.8 Å². The summed E-state index contributed by atoms with van der Waals surface area (Å²) in [5, 5.41) is 10.5. The van der Waals surface area contributed by atoms with E-state index in [0.717, 1.165) is 23.8 Å². The third-order valence-electron chi connectivity index (χ3n) is 2.60. The van der Waals surface area contributed by atoms with Gasteiger partial charge in [0.15, 0.2) is 5.17 Å². The normalized spacial score (nSPS) is 21.5. The molecule has 1 atom stereocenters. The Morgan fingerprint density at radius 2 is 2.19 bits per heavy atom. The van der Waals surface area contributed by atoms with Gasteiger partial charge in [-0.3, -0.25) is 0 Å². The first-order valence-electron chi connectivity index (χ1n) is 5.40. The van der Waals surface area contributed by atoms with Gasteiger partial charge in [-0.25, -0.2) is 4.99 Å².